The van der Waals surface area contributed by atoms with Crippen LogP contribution in [-0.2, 0) is 4.74 Å². The lowest BCUT2D eigenvalue weighted by Crippen LogP contribution is -2.33. The number of aliphatic hydroxyl groups is 3. The quantitative estimate of drug-likeness (QED) is 0.623. The van der Waals surface area contributed by atoms with Crippen LogP contribution in [0.2, 0.25) is 0 Å². The van der Waals surface area contributed by atoms with Gasteiger partial charge < -0.3 is 29.5 Å². The highest BCUT2D eigenvalue weighted by atomic mass is 16.6. The number of anilines is 1. The molecule has 0 amide bonds. The minimum atomic E-state index is -1.18. The number of ether oxygens (including phenoxy) is 1. The minimum absolute atomic E-state index is 0.378. The molecule has 3 N–H and O–H groups in total. The molecule has 1 unspecified atom stereocenters. The van der Waals surface area contributed by atoms with Crippen LogP contribution in [0, 0.1) is 0 Å². The van der Waals surface area contributed by atoms with E-state index in [4.69, 9.17) is 4.74 Å². The third kappa shape index (κ3) is 2.87. The van der Waals surface area contributed by atoms with Crippen molar-refractivity contribution in [2.24, 2.45) is 0 Å². The SMILES string of the molecule is CN(C)c1ncnc2c1c(-c1ccccc1)cn2[C@@H]1OC(CO)[C@H](O)[C@@H]1O. The van der Waals surface area contributed by atoms with Gasteiger partial charge in [0.2, 0.25) is 0 Å². The van der Waals surface area contributed by atoms with Gasteiger partial charge in [0, 0.05) is 25.9 Å². The Morgan fingerprint density at radius 2 is 1.85 bits per heavy atom. The molecule has 0 saturated carbocycles. The van der Waals surface area contributed by atoms with Gasteiger partial charge in [-0.15, -0.1) is 0 Å². The van der Waals surface area contributed by atoms with Crippen LogP contribution in [0.15, 0.2) is 42.9 Å². The summed E-state index contributed by atoms with van der Waals surface area (Å²) < 4.78 is 7.42. The zero-order valence-corrected chi connectivity index (χ0v) is 15.1. The molecule has 2 aromatic heterocycles. The lowest BCUT2D eigenvalue weighted by molar-refractivity contribution is -0.0508. The van der Waals surface area contributed by atoms with E-state index in [1.807, 2.05) is 55.5 Å². The summed E-state index contributed by atoms with van der Waals surface area (Å²) in [6.07, 6.45) is -0.751. The first-order chi connectivity index (χ1) is 13.0. The maximum Gasteiger partial charge on any atom is 0.164 e. The van der Waals surface area contributed by atoms with Crippen LogP contribution in [0.4, 0.5) is 5.82 Å². The summed E-state index contributed by atoms with van der Waals surface area (Å²) in [6, 6.07) is 9.82. The fourth-order valence-corrected chi connectivity index (χ4v) is 3.55. The van der Waals surface area contributed by atoms with Gasteiger partial charge in [-0.1, -0.05) is 30.3 Å². The Bertz CT molecular complexity index is 944. The second-order valence-corrected chi connectivity index (χ2v) is 6.84. The summed E-state index contributed by atoms with van der Waals surface area (Å²) in [5, 5.41) is 30.8. The van der Waals surface area contributed by atoms with E-state index in [1.54, 1.807) is 4.57 Å². The molecule has 1 aliphatic rings. The fraction of sp³-hybridized carbons (Fsp3) is 0.368. The van der Waals surface area contributed by atoms with Crippen molar-refractivity contribution in [3.05, 3.63) is 42.9 Å². The number of benzene rings is 1. The van der Waals surface area contributed by atoms with Crippen LogP contribution in [0.5, 0.6) is 0 Å². The van der Waals surface area contributed by atoms with Crippen LogP contribution >= 0.6 is 0 Å². The van der Waals surface area contributed by atoms with Crippen LogP contribution in [0.3, 0.4) is 0 Å². The average molecular weight is 370 g/mol. The molecule has 3 heterocycles. The Hall–Kier alpha value is -2.52. The number of nitrogens with zero attached hydrogens (tertiary/aromatic N) is 4. The van der Waals surface area contributed by atoms with Crippen LogP contribution in [0.25, 0.3) is 22.2 Å². The summed E-state index contributed by atoms with van der Waals surface area (Å²) in [4.78, 5) is 10.7. The monoisotopic (exact) mass is 370 g/mol. The largest absolute Gasteiger partial charge is 0.394 e. The highest BCUT2D eigenvalue weighted by Gasteiger charge is 2.44. The van der Waals surface area contributed by atoms with Crippen LogP contribution in [0.1, 0.15) is 6.23 Å². The van der Waals surface area contributed by atoms with E-state index in [0.717, 1.165) is 22.3 Å². The van der Waals surface area contributed by atoms with Crippen molar-refractivity contribution >= 4 is 16.9 Å². The summed E-state index contributed by atoms with van der Waals surface area (Å²) in [7, 11) is 3.81. The number of aliphatic hydroxyl groups excluding tert-OH is 3. The molecule has 0 radical (unpaired) electrons. The summed E-state index contributed by atoms with van der Waals surface area (Å²) in [6.45, 7) is -0.378. The lowest BCUT2D eigenvalue weighted by atomic mass is 10.1. The Morgan fingerprint density at radius 3 is 2.48 bits per heavy atom. The molecular weight excluding hydrogens is 348 g/mol. The van der Waals surface area contributed by atoms with Crippen molar-refractivity contribution in [1.29, 1.82) is 0 Å². The van der Waals surface area contributed by atoms with E-state index >= 15 is 0 Å². The summed E-state index contributed by atoms with van der Waals surface area (Å²) in [5.74, 6) is 0.740. The maximum atomic E-state index is 10.5. The smallest absolute Gasteiger partial charge is 0.164 e. The van der Waals surface area contributed by atoms with Crippen LogP contribution in [-0.4, -0.2) is 68.9 Å². The predicted molar refractivity (Wildman–Crippen MR) is 100 cm³/mol. The summed E-state index contributed by atoms with van der Waals surface area (Å²) >= 11 is 0. The molecule has 4 rings (SSSR count). The first-order valence-electron chi connectivity index (χ1n) is 8.73. The molecule has 8 heteroatoms. The van der Waals surface area contributed by atoms with Gasteiger partial charge in [0.15, 0.2) is 6.23 Å². The second-order valence-electron chi connectivity index (χ2n) is 6.84. The molecule has 142 valence electrons. The standard InChI is InChI=1S/C19H22N4O4/c1-22(2)17-14-12(11-6-4-3-5-7-11)8-23(18(14)21-10-20-17)19-16(26)15(25)13(9-24)27-19/h3-8,10,13,15-16,19,24-26H,9H2,1-2H3/t13?,15-,16-,19+/m0/s1. The fourth-order valence-electron chi connectivity index (χ4n) is 3.55. The molecule has 4 atom stereocenters. The van der Waals surface area contributed by atoms with Crippen molar-refractivity contribution in [2.45, 2.75) is 24.5 Å². The van der Waals surface area contributed by atoms with Gasteiger partial charge in [-0.05, 0) is 5.56 Å². The molecule has 3 aromatic rings. The molecule has 27 heavy (non-hydrogen) atoms. The van der Waals surface area contributed by atoms with Gasteiger partial charge >= 0.3 is 0 Å². The third-order valence-electron chi connectivity index (χ3n) is 4.89. The van der Waals surface area contributed by atoms with E-state index in [-0.39, 0.29) is 6.61 Å². The topological polar surface area (TPSA) is 104 Å². The predicted octanol–water partition coefficient (Wildman–Crippen LogP) is 0.776. The molecule has 1 aliphatic heterocycles. The Kier molecular flexibility index (Phi) is 4.56. The van der Waals surface area contributed by atoms with Crippen molar-refractivity contribution in [3.63, 3.8) is 0 Å². The minimum Gasteiger partial charge on any atom is -0.394 e. The number of hydrogen-bond acceptors (Lipinski definition) is 7. The van der Waals surface area contributed by atoms with Gasteiger partial charge in [-0.25, -0.2) is 9.97 Å². The molecule has 0 aliphatic carbocycles. The number of fused-ring (bicyclic) bond motifs is 1. The van der Waals surface area contributed by atoms with Gasteiger partial charge in [0.1, 0.15) is 36.1 Å². The van der Waals surface area contributed by atoms with Gasteiger partial charge in [-0.3, -0.25) is 0 Å². The third-order valence-corrected chi connectivity index (χ3v) is 4.89. The van der Waals surface area contributed by atoms with E-state index < -0.39 is 24.5 Å². The maximum absolute atomic E-state index is 10.5. The molecule has 1 aromatic carbocycles. The average Bonchev–Trinajstić information content (AvgIpc) is 3.20. The number of rotatable bonds is 4. The van der Waals surface area contributed by atoms with Crippen molar-refractivity contribution in [1.82, 2.24) is 14.5 Å². The number of hydrogen-bond donors (Lipinski definition) is 3. The Morgan fingerprint density at radius 1 is 1.11 bits per heavy atom. The van der Waals surface area contributed by atoms with E-state index in [1.165, 1.54) is 6.33 Å². The zero-order chi connectivity index (χ0) is 19.1. The molecule has 8 nitrogen and oxygen atoms in total. The molecule has 1 saturated heterocycles. The molecule has 0 spiro atoms. The summed E-state index contributed by atoms with van der Waals surface area (Å²) in [5.41, 5.74) is 2.46. The van der Waals surface area contributed by atoms with Gasteiger partial charge in [-0.2, -0.15) is 0 Å². The highest BCUT2D eigenvalue weighted by Crippen LogP contribution is 2.39. The molecule has 0 bridgehead atoms. The van der Waals surface area contributed by atoms with Gasteiger partial charge in [0.05, 0.1) is 12.0 Å². The second kappa shape index (κ2) is 6.90. The van der Waals surface area contributed by atoms with E-state index in [2.05, 4.69) is 9.97 Å². The highest BCUT2D eigenvalue weighted by molar-refractivity contribution is 6.01. The number of aromatic nitrogens is 3. The van der Waals surface area contributed by atoms with Gasteiger partial charge in [0.25, 0.3) is 0 Å². The Labute approximate surface area is 156 Å². The zero-order valence-electron chi connectivity index (χ0n) is 15.1. The molecular formula is C19H22N4O4. The first-order valence-corrected chi connectivity index (χ1v) is 8.73. The van der Waals surface area contributed by atoms with E-state index in [0.29, 0.717) is 5.65 Å². The Balaban J connectivity index is 1.94. The van der Waals surface area contributed by atoms with Crippen molar-refractivity contribution < 1.29 is 20.1 Å². The normalized spacial score (nSPS) is 25.2. The van der Waals surface area contributed by atoms with Crippen LogP contribution < -0.4 is 4.90 Å². The lowest BCUT2D eigenvalue weighted by Gasteiger charge is -2.18. The van der Waals surface area contributed by atoms with Crippen molar-refractivity contribution in [2.75, 3.05) is 25.6 Å². The van der Waals surface area contributed by atoms with Crippen molar-refractivity contribution in [3.8, 4) is 11.1 Å². The molecule has 1 fully saturated rings. The van der Waals surface area contributed by atoms with E-state index in [9.17, 15) is 15.3 Å². The first kappa shape index (κ1) is 17.9.